The molecule has 0 saturated heterocycles. The number of benzene rings is 1. The van der Waals surface area contributed by atoms with E-state index in [2.05, 4.69) is 28.3 Å². The Morgan fingerprint density at radius 2 is 1.86 bits per heavy atom. The van der Waals surface area contributed by atoms with Crippen molar-refractivity contribution in [3.63, 3.8) is 0 Å². The predicted octanol–water partition coefficient (Wildman–Crippen LogP) is 2.41. The first-order valence-corrected chi connectivity index (χ1v) is 7.47. The minimum Gasteiger partial charge on any atom is -0.443 e. The number of nitrogens with one attached hydrogen (secondary N) is 3. The van der Waals surface area contributed by atoms with Crippen molar-refractivity contribution in [3.05, 3.63) is 34.9 Å². The molecular formula is C16H23N3O3. The lowest BCUT2D eigenvalue weighted by Gasteiger charge is -2.19. The van der Waals surface area contributed by atoms with Crippen LogP contribution in [0.25, 0.3) is 0 Å². The molecule has 0 radical (unpaired) electrons. The van der Waals surface area contributed by atoms with E-state index in [-0.39, 0.29) is 0 Å². The summed E-state index contributed by atoms with van der Waals surface area (Å²) in [6, 6.07) is 5.79. The molecule has 1 aromatic carbocycles. The van der Waals surface area contributed by atoms with Crippen molar-refractivity contribution >= 4 is 12.1 Å². The van der Waals surface area contributed by atoms with Crippen LogP contribution in [0.5, 0.6) is 0 Å². The summed E-state index contributed by atoms with van der Waals surface area (Å²) in [5.74, 6) is 0. The van der Waals surface area contributed by atoms with Crippen molar-refractivity contribution in [1.29, 1.82) is 0 Å². The highest BCUT2D eigenvalue weighted by molar-refractivity contribution is 5.77. The highest BCUT2D eigenvalue weighted by Gasteiger charge is 2.16. The molecule has 0 atom stereocenters. The summed E-state index contributed by atoms with van der Waals surface area (Å²) < 4.78 is 5.01. The number of amides is 3. The van der Waals surface area contributed by atoms with Gasteiger partial charge in [0.25, 0.3) is 0 Å². The summed E-state index contributed by atoms with van der Waals surface area (Å²) in [6.45, 7) is 5.66. The maximum atomic E-state index is 11.6. The van der Waals surface area contributed by atoms with E-state index in [0.29, 0.717) is 6.54 Å². The lowest BCUT2D eigenvalue weighted by atomic mass is 10.1. The zero-order valence-corrected chi connectivity index (χ0v) is 13.3. The van der Waals surface area contributed by atoms with Gasteiger partial charge in [-0.1, -0.05) is 18.2 Å². The standard InChI is InChI=1S/C16H23N3O3/c1-16(2,3)22-15(21)19-18-14(20)17-10-11-7-8-12-5-4-6-13(12)9-11/h7-9H,4-6,10H2,1-3H3,(H,19,21)(H2,17,18,20). The molecule has 22 heavy (non-hydrogen) atoms. The summed E-state index contributed by atoms with van der Waals surface area (Å²) in [5, 5.41) is 2.69. The molecule has 0 unspecified atom stereocenters. The average molecular weight is 305 g/mol. The number of carbonyl (C=O) groups excluding carboxylic acids is 2. The van der Waals surface area contributed by atoms with Crippen LogP contribution in [0.3, 0.4) is 0 Å². The molecular weight excluding hydrogens is 282 g/mol. The van der Waals surface area contributed by atoms with Crippen LogP contribution in [0, 0.1) is 0 Å². The fraction of sp³-hybridized carbons (Fsp3) is 0.500. The van der Waals surface area contributed by atoms with E-state index >= 15 is 0 Å². The van der Waals surface area contributed by atoms with Gasteiger partial charge in [0.05, 0.1) is 0 Å². The van der Waals surface area contributed by atoms with Gasteiger partial charge in [-0.2, -0.15) is 0 Å². The first-order chi connectivity index (χ1) is 10.3. The lowest BCUT2D eigenvalue weighted by Crippen LogP contribution is -2.48. The third kappa shape index (κ3) is 4.95. The van der Waals surface area contributed by atoms with Gasteiger partial charge in [0.1, 0.15) is 5.60 Å². The zero-order chi connectivity index (χ0) is 16.2. The van der Waals surface area contributed by atoms with E-state index in [9.17, 15) is 9.59 Å². The Morgan fingerprint density at radius 3 is 2.59 bits per heavy atom. The van der Waals surface area contributed by atoms with Crippen LogP contribution in [0.15, 0.2) is 18.2 Å². The predicted molar refractivity (Wildman–Crippen MR) is 83.2 cm³/mol. The number of hydrogen-bond acceptors (Lipinski definition) is 3. The smallest absolute Gasteiger partial charge is 0.426 e. The molecule has 0 fully saturated rings. The second kappa shape index (κ2) is 6.68. The summed E-state index contributed by atoms with van der Waals surface area (Å²) in [4.78, 5) is 23.0. The molecule has 6 nitrogen and oxygen atoms in total. The molecule has 6 heteroatoms. The molecule has 120 valence electrons. The number of ether oxygens (including phenoxy) is 1. The van der Waals surface area contributed by atoms with Crippen molar-refractivity contribution in [2.45, 2.75) is 52.2 Å². The van der Waals surface area contributed by atoms with Crippen LogP contribution >= 0.6 is 0 Å². The highest BCUT2D eigenvalue weighted by Crippen LogP contribution is 2.22. The topological polar surface area (TPSA) is 79.5 Å². The molecule has 0 saturated carbocycles. The number of hydrazine groups is 1. The van der Waals surface area contributed by atoms with Crippen molar-refractivity contribution in [2.75, 3.05) is 0 Å². The molecule has 1 aliphatic rings. The monoisotopic (exact) mass is 305 g/mol. The number of urea groups is 1. The summed E-state index contributed by atoms with van der Waals surface area (Å²) in [5.41, 5.74) is 7.66. The SMILES string of the molecule is CC(C)(C)OC(=O)NNC(=O)NCc1ccc2c(c1)CCC2. The van der Waals surface area contributed by atoms with E-state index in [1.54, 1.807) is 20.8 Å². The van der Waals surface area contributed by atoms with Gasteiger partial charge in [0, 0.05) is 6.54 Å². The Bertz CT molecular complexity index is 564. The van der Waals surface area contributed by atoms with Crippen molar-refractivity contribution < 1.29 is 14.3 Å². The fourth-order valence-electron chi connectivity index (χ4n) is 2.37. The lowest BCUT2D eigenvalue weighted by molar-refractivity contribution is 0.0505. The van der Waals surface area contributed by atoms with Gasteiger partial charge >= 0.3 is 12.1 Å². The molecule has 0 bridgehead atoms. The molecule has 2 rings (SSSR count). The zero-order valence-electron chi connectivity index (χ0n) is 13.3. The van der Waals surface area contributed by atoms with Gasteiger partial charge in [0.2, 0.25) is 0 Å². The Hall–Kier alpha value is -2.24. The average Bonchev–Trinajstić information content (AvgIpc) is 2.88. The van der Waals surface area contributed by atoms with Crippen LogP contribution in [-0.2, 0) is 24.1 Å². The highest BCUT2D eigenvalue weighted by atomic mass is 16.6. The fourth-order valence-corrected chi connectivity index (χ4v) is 2.37. The first kappa shape index (κ1) is 16.1. The third-order valence-electron chi connectivity index (χ3n) is 3.29. The Balaban J connectivity index is 1.73. The van der Waals surface area contributed by atoms with Crippen LogP contribution < -0.4 is 16.2 Å². The van der Waals surface area contributed by atoms with Crippen molar-refractivity contribution in [3.8, 4) is 0 Å². The van der Waals surface area contributed by atoms with Gasteiger partial charge in [0.15, 0.2) is 0 Å². The largest absolute Gasteiger partial charge is 0.443 e. The molecule has 3 amide bonds. The summed E-state index contributed by atoms with van der Waals surface area (Å²) in [7, 11) is 0. The quantitative estimate of drug-likeness (QED) is 0.734. The van der Waals surface area contributed by atoms with E-state index in [0.717, 1.165) is 18.4 Å². The molecule has 0 spiro atoms. The van der Waals surface area contributed by atoms with Gasteiger partial charge in [-0.3, -0.25) is 0 Å². The summed E-state index contributed by atoms with van der Waals surface area (Å²) in [6.07, 6.45) is 2.76. The normalized spacial score (nSPS) is 13.2. The molecule has 1 aromatic rings. The number of aryl methyl sites for hydroxylation is 2. The van der Waals surface area contributed by atoms with Gasteiger partial charge < -0.3 is 10.1 Å². The van der Waals surface area contributed by atoms with E-state index in [1.165, 1.54) is 17.5 Å². The van der Waals surface area contributed by atoms with Crippen molar-refractivity contribution in [2.24, 2.45) is 0 Å². The van der Waals surface area contributed by atoms with Gasteiger partial charge in [-0.25, -0.2) is 20.4 Å². The number of hydrogen-bond donors (Lipinski definition) is 3. The van der Waals surface area contributed by atoms with Gasteiger partial charge in [-0.15, -0.1) is 0 Å². The van der Waals surface area contributed by atoms with Crippen LogP contribution in [0.4, 0.5) is 9.59 Å². The maximum Gasteiger partial charge on any atom is 0.426 e. The Labute approximate surface area is 130 Å². The van der Waals surface area contributed by atoms with E-state index in [1.807, 2.05) is 6.07 Å². The minimum atomic E-state index is -0.694. The summed E-state index contributed by atoms with van der Waals surface area (Å²) >= 11 is 0. The van der Waals surface area contributed by atoms with E-state index < -0.39 is 17.7 Å². The molecule has 3 N–H and O–H groups in total. The number of rotatable bonds is 2. The van der Waals surface area contributed by atoms with E-state index in [4.69, 9.17) is 4.74 Å². The van der Waals surface area contributed by atoms with Crippen molar-refractivity contribution in [1.82, 2.24) is 16.2 Å². The van der Waals surface area contributed by atoms with Crippen LogP contribution in [0.2, 0.25) is 0 Å². The Morgan fingerprint density at radius 1 is 1.14 bits per heavy atom. The molecule has 1 aliphatic carbocycles. The Kier molecular flexibility index (Phi) is 4.90. The second-order valence-electron chi connectivity index (χ2n) is 6.39. The van der Waals surface area contributed by atoms with Gasteiger partial charge in [-0.05, 0) is 56.7 Å². The minimum absolute atomic E-state index is 0.412. The molecule has 0 aliphatic heterocycles. The molecule has 0 aromatic heterocycles. The second-order valence-corrected chi connectivity index (χ2v) is 6.39. The maximum absolute atomic E-state index is 11.6. The first-order valence-electron chi connectivity index (χ1n) is 7.47. The number of fused-ring (bicyclic) bond motifs is 1. The third-order valence-corrected chi connectivity index (χ3v) is 3.29. The van der Waals surface area contributed by atoms with Crippen LogP contribution in [-0.4, -0.2) is 17.7 Å². The molecule has 0 heterocycles. The van der Waals surface area contributed by atoms with Crippen LogP contribution in [0.1, 0.15) is 43.9 Å². The number of carbonyl (C=O) groups is 2.